The summed E-state index contributed by atoms with van der Waals surface area (Å²) >= 11 is 1.68. The zero-order valence-electron chi connectivity index (χ0n) is 9.40. The van der Waals surface area contributed by atoms with Gasteiger partial charge in [-0.15, -0.1) is 0 Å². The number of carboxylic acids is 1. The van der Waals surface area contributed by atoms with Gasteiger partial charge in [-0.05, 0) is 12.7 Å². The normalized spacial score (nSPS) is 13.9. The van der Waals surface area contributed by atoms with Crippen LogP contribution in [0.4, 0.5) is 4.79 Å². The summed E-state index contributed by atoms with van der Waals surface area (Å²) in [5.41, 5.74) is 0. The van der Waals surface area contributed by atoms with Crippen molar-refractivity contribution in [3.05, 3.63) is 0 Å². The number of hydrogen-bond acceptors (Lipinski definition) is 4. The molecule has 0 fully saturated rings. The van der Waals surface area contributed by atoms with Crippen LogP contribution in [0.5, 0.6) is 0 Å². The third kappa shape index (κ3) is 6.52. The first-order chi connectivity index (χ1) is 7.51. The van der Waals surface area contributed by atoms with Gasteiger partial charge in [0, 0.05) is 11.8 Å². The topological polar surface area (TPSA) is 98.7 Å². The number of aliphatic hydroxyl groups is 1. The highest BCUT2D eigenvalue weighted by atomic mass is 32.2. The first-order valence-corrected chi connectivity index (χ1v) is 6.15. The number of thioether (sulfide) groups is 1. The largest absolute Gasteiger partial charge is 0.480 e. The minimum absolute atomic E-state index is 0.0434. The predicted octanol–water partition coefficient (Wildman–Crippen LogP) is -0.127. The highest BCUT2D eigenvalue weighted by Gasteiger charge is 2.19. The van der Waals surface area contributed by atoms with Crippen LogP contribution in [0.3, 0.4) is 0 Å². The molecule has 0 aromatic carbocycles. The minimum atomic E-state index is -1.26. The molecule has 6 nitrogen and oxygen atoms in total. The molecule has 0 aliphatic rings. The molecule has 16 heavy (non-hydrogen) atoms. The summed E-state index contributed by atoms with van der Waals surface area (Å²) < 4.78 is 0. The molecule has 0 radical (unpaired) electrons. The third-order valence-corrected chi connectivity index (χ3v) is 2.88. The summed E-state index contributed by atoms with van der Waals surface area (Å²) in [6.07, 6.45) is 0. The van der Waals surface area contributed by atoms with Crippen molar-refractivity contribution in [2.24, 2.45) is 0 Å². The van der Waals surface area contributed by atoms with Gasteiger partial charge in [-0.3, -0.25) is 0 Å². The Bertz CT molecular complexity index is 238. The SMILES string of the molecule is CCSCC(C)NC(=O)N[C@H](CO)C(=O)O. The van der Waals surface area contributed by atoms with E-state index < -0.39 is 24.6 Å². The van der Waals surface area contributed by atoms with Crippen LogP contribution < -0.4 is 10.6 Å². The lowest BCUT2D eigenvalue weighted by atomic mass is 10.3. The molecule has 1 unspecified atom stereocenters. The number of carbonyl (C=O) groups is 2. The lowest BCUT2D eigenvalue weighted by Gasteiger charge is -2.16. The fraction of sp³-hybridized carbons (Fsp3) is 0.778. The second-order valence-corrected chi connectivity index (χ2v) is 4.57. The molecule has 0 saturated carbocycles. The maximum absolute atomic E-state index is 11.3. The van der Waals surface area contributed by atoms with Gasteiger partial charge in [0.2, 0.25) is 0 Å². The number of carbonyl (C=O) groups excluding carboxylic acids is 1. The molecule has 0 spiro atoms. The molecule has 0 rings (SSSR count). The zero-order chi connectivity index (χ0) is 12.6. The molecule has 0 aromatic heterocycles. The molecule has 7 heteroatoms. The van der Waals surface area contributed by atoms with Gasteiger partial charge >= 0.3 is 12.0 Å². The summed E-state index contributed by atoms with van der Waals surface area (Å²) in [7, 11) is 0. The second kappa shape index (κ2) is 8.23. The molecule has 2 atom stereocenters. The van der Waals surface area contributed by atoms with E-state index in [1.54, 1.807) is 11.8 Å². The summed E-state index contributed by atoms with van der Waals surface area (Å²) in [6.45, 7) is 3.22. The van der Waals surface area contributed by atoms with Crippen LogP contribution in [-0.2, 0) is 4.79 Å². The van der Waals surface area contributed by atoms with E-state index in [0.717, 1.165) is 11.5 Å². The molecule has 94 valence electrons. The van der Waals surface area contributed by atoms with E-state index in [0.29, 0.717) is 0 Å². The van der Waals surface area contributed by atoms with E-state index >= 15 is 0 Å². The molecular weight excluding hydrogens is 232 g/mol. The average molecular weight is 250 g/mol. The third-order valence-electron chi connectivity index (χ3n) is 1.74. The number of aliphatic hydroxyl groups excluding tert-OH is 1. The maximum atomic E-state index is 11.3. The van der Waals surface area contributed by atoms with Gasteiger partial charge in [0.15, 0.2) is 6.04 Å². The van der Waals surface area contributed by atoms with Gasteiger partial charge in [0.25, 0.3) is 0 Å². The molecule has 0 heterocycles. The van der Waals surface area contributed by atoms with E-state index in [9.17, 15) is 9.59 Å². The van der Waals surface area contributed by atoms with Gasteiger partial charge in [-0.1, -0.05) is 6.92 Å². The smallest absolute Gasteiger partial charge is 0.328 e. The molecule has 0 aliphatic heterocycles. The Morgan fingerprint density at radius 3 is 2.44 bits per heavy atom. The highest BCUT2D eigenvalue weighted by molar-refractivity contribution is 7.99. The van der Waals surface area contributed by atoms with E-state index in [1.165, 1.54) is 0 Å². The van der Waals surface area contributed by atoms with Gasteiger partial charge in [0.05, 0.1) is 6.61 Å². The van der Waals surface area contributed by atoms with Crippen LogP contribution in [0.25, 0.3) is 0 Å². The number of urea groups is 1. The van der Waals surface area contributed by atoms with Crippen molar-refractivity contribution in [2.45, 2.75) is 25.9 Å². The summed E-state index contributed by atoms with van der Waals surface area (Å²) in [5, 5.41) is 22.0. The quantitative estimate of drug-likeness (QED) is 0.504. The van der Waals surface area contributed by atoms with Gasteiger partial charge in [0.1, 0.15) is 0 Å². The predicted molar refractivity (Wildman–Crippen MR) is 62.6 cm³/mol. The minimum Gasteiger partial charge on any atom is -0.480 e. The standard InChI is InChI=1S/C9H18N2O4S/c1-3-16-5-6(2)10-9(15)11-7(4-12)8(13)14/h6-7,12H,3-5H2,1-2H3,(H,13,14)(H2,10,11,15)/t6?,7-/m1/s1. The number of rotatable bonds is 7. The first-order valence-electron chi connectivity index (χ1n) is 4.99. The summed E-state index contributed by atoms with van der Waals surface area (Å²) in [6, 6.07) is -1.88. The van der Waals surface area contributed by atoms with Crippen LogP contribution >= 0.6 is 11.8 Å². The van der Waals surface area contributed by atoms with E-state index in [4.69, 9.17) is 10.2 Å². The number of nitrogens with one attached hydrogen (secondary N) is 2. The molecular formula is C9H18N2O4S. The average Bonchev–Trinajstić information content (AvgIpc) is 2.22. The van der Waals surface area contributed by atoms with E-state index in [2.05, 4.69) is 10.6 Å². The fourth-order valence-corrected chi connectivity index (χ4v) is 1.62. The molecule has 0 saturated heterocycles. The van der Waals surface area contributed by atoms with Crippen LogP contribution in [-0.4, -0.2) is 52.4 Å². The fourth-order valence-electron chi connectivity index (χ4n) is 0.945. The number of carboxylic acid groups (broad SMARTS) is 1. The van der Waals surface area contributed by atoms with Crippen molar-refractivity contribution in [3.63, 3.8) is 0 Å². The molecule has 0 bridgehead atoms. The molecule has 2 amide bonds. The Morgan fingerprint density at radius 2 is 2.00 bits per heavy atom. The summed E-state index contributed by atoms with van der Waals surface area (Å²) in [5.74, 6) is 0.469. The second-order valence-electron chi connectivity index (χ2n) is 3.25. The van der Waals surface area contributed by atoms with E-state index in [1.807, 2.05) is 13.8 Å². The van der Waals surface area contributed by atoms with Crippen LogP contribution in [0.15, 0.2) is 0 Å². The Balaban J connectivity index is 3.92. The van der Waals surface area contributed by atoms with Crippen molar-refractivity contribution in [3.8, 4) is 0 Å². The van der Waals surface area contributed by atoms with Crippen LogP contribution in [0, 0.1) is 0 Å². The van der Waals surface area contributed by atoms with Gasteiger partial charge < -0.3 is 20.8 Å². The van der Waals surface area contributed by atoms with Gasteiger partial charge in [-0.25, -0.2) is 9.59 Å². The van der Waals surface area contributed by atoms with Gasteiger partial charge in [-0.2, -0.15) is 11.8 Å². The van der Waals surface area contributed by atoms with Crippen LogP contribution in [0.1, 0.15) is 13.8 Å². The van der Waals surface area contributed by atoms with Crippen molar-refractivity contribution in [1.29, 1.82) is 0 Å². The Morgan fingerprint density at radius 1 is 1.38 bits per heavy atom. The van der Waals surface area contributed by atoms with Crippen molar-refractivity contribution in [1.82, 2.24) is 10.6 Å². The van der Waals surface area contributed by atoms with E-state index in [-0.39, 0.29) is 6.04 Å². The highest BCUT2D eigenvalue weighted by Crippen LogP contribution is 2.00. The van der Waals surface area contributed by atoms with Crippen molar-refractivity contribution in [2.75, 3.05) is 18.1 Å². The number of amides is 2. The monoisotopic (exact) mass is 250 g/mol. The maximum Gasteiger partial charge on any atom is 0.328 e. The number of aliphatic carboxylic acids is 1. The lowest BCUT2D eigenvalue weighted by molar-refractivity contribution is -0.140. The summed E-state index contributed by atoms with van der Waals surface area (Å²) in [4.78, 5) is 21.8. The molecule has 4 N–H and O–H groups in total. The first kappa shape index (κ1) is 15.0. The van der Waals surface area contributed by atoms with Crippen molar-refractivity contribution >= 4 is 23.8 Å². The molecule has 0 aromatic rings. The lowest BCUT2D eigenvalue weighted by Crippen LogP contribution is -2.50. The Labute approximate surface area is 98.8 Å². The molecule has 0 aliphatic carbocycles. The number of hydrogen-bond donors (Lipinski definition) is 4. The Hall–Kier alpha value is -0.950. The Kier molecular flexibility index (Phi) is 7.74. The van der Waals surface area contributed by atoms with Crippen LogP contribution in [0.2, 0.25) is 0 Å². The zero-order valence-corrected chi connectivity index (χ0v) is 10.2. The van der Waals surface area contributed by atoms with Crippen molar-refractivity contribution < 1.29 is 19.8 Å².